The Kier molecular flexibility index (Phi) is 4.40. The molecular formula is C15H19FO3. The van der Waals surface area contributed by atoms with Crippen molar-refractivity contribution in [3.8, 4) is 11.5 Å². The molecule has 0 aromatic heterocycles. The summed E-state index contributed by atoms with van der Waals surface area (Å²) in [6.45, 7) is 4.71. The quantitative estimate of drug-likeness (QED) is 0.821. The summed E-state index contributed by atoms with van der Waals surface area (Å²) in [5, 5.41) is 0. The fourth-order valence-electron chi connectivity index (χ4n) is 2.04. The zero-order chi connectivity index (χ0) is 13.8. The van der Waals surface area contributed by atoms with Gasteiger partial charge in [0.1, 0.15) is 24.8 Å². The smallest absolute Gasteiger partial charge is 0.164 e. The topological polar surface area (TPSA) is 35.5 Å². The first-order valence-electron chi connectivity index (χ1n) is 6.68. The molecular weight excluding hydrogens is 247 g/mol. The summed E-state index contributed by atoms with van der Waals surface area (Å²) in [5.74, 6) is 1.04. The highest BCUT2D eigenvalue weighted by atomic mass is 19.1. The van der Waals surface area contributed by atoms with E-state index in [1.807, 2.05) is 13.8 Å². The molecule has 1 aromatic rings. The van der Waals surface area contributed by atoms with Crippen LogP contribution in [0.1, 0.15) is 32.3 Å². The maximum absolute atomic E-state index is 13.8. The van der Waals surface area contributed by atoms with Crippen LogP contribution in [-0.2, 0) is 11.2 Å². The van der Waals surface area contributed by atoms with E-state index in [0.29, 0.717) is 49.5 Å². The lowest BCUT2D eigenvalue weighted by Gasteiger charge is -2.19. The molecule has 4 heteroatoms. The second-order valence-electron chi connectivity index (χ2n) is 5.06. The zero-order valence-corrected chi connectivity index (χ0v) is 11.4. The van der Waals surface area contributed by atoms with Crippen LogP contribution in [0.15, 0.2) is 12.1 Å². The van der Waals surface area contributed by atoms with E-state index in [2.05, 4.69) is 0 Å². The molecule has 0 atom stereocenters. The van der Waals surface area contributed by atoms with E-state index in [9.17, 15) is 9.18 Å². The van der Waals surface area contributed by atoms with Crippen molar-refractivity contribution in [3.63, 3.8) is 0 Å². The van der Waals surface area contributed by atoms with Crippen molar-refractivity contribution in [2.75, 3.05) is 13.2 Å². The zero-order valence-electron chi connectivity index (χ0n) is 11.4. The summed E-state index contributed by atoms with van der Waals surface area (Å²) in [6, 6.07) is 3.05. The maximum Gasteiger partial charge on any atom is 0.164 e. The second-order valence-corrected chi connectivity index (χ2v) is 5.06. The molecule has 19 heavy (non-hydrogen) atoms. The minimum absolute atomic E-state index is 0.0464. The first-order chi connectivity index (χ1) is 9.08. The van der Waals surface area contributed by atoms with Crippen molar-refractivity contribution in [2.45, 2.75) is 33.1 Å². The van der Waals surface area contributed by atoms with Crippen molar-refractivity contribution < 1.29 is 18.7 Å². The molecule has 0 bridgehead atoms. The van der Waals surface area contributed by atoms with Gasteiger partial charge in [-0.05, 0) is 24.5 Å². The molecule has 2 rings (SSSR count). The predicted octanol–water partition coefficient (Wildman–Crippen LogP) is 3.14. The number of rotatable bonds is 5. The third-order valence-corrected chi connectivity index (χ3v) is 3.22. The van der Waals surface area contributed by atoms with Crippen LogP contribution in [0.3, 0.4) is 0 Å². The van der Waals surface area contributed by atoms with Gasteiger partial charge in [-0.3, -0.25) is 4.79 Å². The second kappa shape index (κ2) is 6.04. The largest absolute Gasteiger partial charge is 0.486 e. The van der Waals surface area contributed by atoms with E-state index >= 15 is 0 Å². The van der Waals surface area contributed by atoms with Gasteiger partial charge in [-0.25, -0.2) is 4.39 Å². The highest BCUT2D eigenvalue weighted by Gasteiger charge is 2.16. The molecule has 0 N–H and O–H groups in total. The number of benzene rings is 1. The predicted molar refractivity (Wildman–Crippen MR) is 70.2 cm³/mol. The first-order valence-corrected chi connectivity index (χ1v) is 6.68. The van der Waals surface area contributed by atoms with E-state index in [4.69, 9.17) is 9.47 Å². The van der Waals surface area contributed by atoms with E-state index in [0.717, 1.165) is 0 Å². The van der Waals surface area contributed by atoms with Gasteiger partial charge in [0.2, 0.25) is 0 Å². The fraction of sp³-hybridized carbons (Fsp3) is 0.533. The Morgan fingerprint density at radius 1 is 1.26 bits per heavy atom. The average Bonchev–Trinajstić information content (AvgIpc) is 2.39. The number of halogens is 1. The Morgan fingerprint density at radius 2 is 1.89 bits per heavy atom. The SMILES string of the molecule is CC(C)C(=O)CCCc1cc2c(cc1F)OCCO2. The van der Waals surface area contributed by atoms with Crippen LogP contribution < -0.4 is 9.47 Å². The van der Waals surface area contributed by atoms with Crippen LogP contribution in [0.4, 0.5) is 4.39 Å². The number of carbonyl (C=O) groups is 1. The number of carbonyl (C=O) groups excluding carboxylic acids is 1. The van der Waals surface area contributed by atoms with Crippen molar-refractivity contribution in [1.82, 2.24) is 0 Å². The monoisotopic (exact) mass is 266 g/mol. The van der Waals surface area contributed by atoms with Crippen LogP contribution in [0.25, 0.3) is 0 Å². The Hall–Kier alpha value is -1.58. The number of Topliss-reactive ketones (excluding diaryl/α,β-unsaturated/α-hetero) is 1. The molecule has 3 nitrogen and oxygen atoms in total. The molecule has 1 aromatic carbocycles. The molecule has 1 aliphatic rings. The summed E-state index contributed by atoms with van der Waals surface area (Å²) < 4.78 is 24.6. The van der Waals surface area contributed by atoms with Crippen LogP contribution >= 0.6 is 0 Å². The van der Waals surface area contributed by atoms with Gasteiger partial charge in [0.05, 0.1) is 0 Å². The van der Waals surface area contributed by atoms with Crippen molar-refractivity contribution in [3.05, 3.63) is 23.5 Å². The van der Waals surface area contributed by atoms with E-state index in [-0.39, 0.29) is 17.5 Å². The minimum atomic E-state index is -0.291. The molecule has 0 aliphatic carbocycles. The molecule has 1 aliphatic heterocycles. The maximum atomic E-state index is 13.8. The number of aryl methyl sites for hydroxylation is 1. The molecule has 0 spiro atoms. The van der Waals surface area contributed by atoms with Gasteiger partial charge in [0.15, 0.2) is 11.5 Å². The molecule has 0 unspecified atom stereocenters. The summed E-state index contributed by atoms with van der Waals surface area (Å²) >= 11 is 0. The van der Waals surface area contributed by atoms with Gasteiger partial charge in [0.25, 0.3) is 0 Å². The molecule has 0 fully saturated rings. The lowest BCUT2D eigenvalue weighted by atomic mass is 10.0. The molecule has 0 saturated heterocycles. The number of ketones is 1. The van der Waals surface area contributed by atoms with Gasteiger partial charge >= 0.3 is 0 Å². The highest BCUT2D eigenvalue weighted by Crippen LogP contribution is 2.33. The van der Waals surface area contributed by atoms with Crippen LogP contribution in [0.2, 0.25) is 0 Å². The van der Waals surface area contributed by atoms with Gasteiger partial charge in [-0.1, -0.05) is 13.8 Å². The van der Waals surface area contributed by atoms with Gasteiger partial charge in [-0.15, -0.1) is 0 Å². The number of fused-ring (bicyclic) bond motifs is 1. The van der Waals surface area contributed by atoms with Crippen LogP contribution in [-0.4, -0.2) is 19.0 Å². The Morgan fingerprint density at radius 3 is 2.53 bits per heavy atom. The van der Waals surface area contributed by atoms with Gasteiger partial charge in [-0.2, -0.15) is 0 Å². The lowest BCUT2D eigenvalue weighted by Crippen LogP contribution is -2.16. The van der Waals surface area contributed by atoms with Crippen molar-refractivity contribution >= 4 is 5.78 Å². The molecule has 104 valence electrons. The fourth-order valence-corrected chi connectivity index (χ4v) is 2.04. The standard InChI is InChI=1S/C15H19FO3/c1-10(2)13(17)5-3-4-11-8-14-15(9-12(11)16)19-7-6-18-14/h8-10H,3-7H2,1-2H3. The summed E-state index contributed by atoms with van der Waals surface area (Å²) in [4.78, 5) is 11.5. The Bertz CT molecular complexity index is 469. The lowest BCUT2D eigenvalue weighted by molar-refractivity contribution is -0.121. The first kappa shape index (κ1) is 13.8. The molecule has 0 radical (unpaired) electrons. The number of hydrogen-bond acceptors (Lipinski definition) is 3. The third kappa shape index (κ3) is 3.46. The molecule has 0 amide bonds. The molecule has 0 saturated carbocycles. The van der Waals surface area contributed by atoms with E-state index in [1.165, 1.54) is 6.07 Å². The summed E-state index contributed by atoms with van der Waals surface area (Å²) in [6.07, 6.45) is 1.69. The van der Waals surface area contributed by atoms with Gasteiger partial charge < -0.3 is 9.47 Å². The van der Waals surface area contributed by atoms with Crippen molar-refractivity contribution in [2.24, 2.45) is 5.92 Å². The summed E-state index contributed by atoms with van der Waals surface area (Å²) in [7, 11) is 0. The molecule has 1 heterocycles. The van der Waals surface area contributed by atoms with Crippen LogP contribution in [0, 0.1) is 11.7 Å². The Labute approximate surface area is 112 Å². The average molecular weight is 266 g/mol. The highest BCUT2D eigenvalue weighted by molar-refractivity contribution is 5.80. The third-order valence-electron chi connectivity index (χ3n) is 3.22. The number of ether oxygens (including phenoxy) is 2. The Balaban J connectivity index is 1.98. The van der Waals surface area contributed by atoms with E-state index < -0.39 is 0 Å². The van der Waals surface area contributed by atoms with Gasteiger partial charge in [0, 0.05) is 18.4 Å². The summed E-state index contributed by atoms with van der Waals surface area (Å²) in [5.41, 5.74) is 0.584. The van der Waals surface area contributed by atoms with Crippen molar-refractivity contribution in [1.29, 1.82) is 0 Å². The number of hydrogen-bond donors (Lipinski definition) is 0. The minimum Gasteiger partial charge on any atom is -0.486 e. The van der Waals surface area contributed by atoms with Crippen LogP contribution in [0.5, 0.6) is 11.5 Å². The normalized spacial score (nSPS) is 13.7. The van der Waals surface area contributed by atoms with E-state index in [1.54, 1.807) is 6.07 Å².